The number of aliphatic imine (C=N–C) groups is 2. The minimum absolute atomic E-state index is 0.120. The second kappa shape index (κ2) is 8.66. The van der Waals surface area contributed by atoms with Gasteiger partial charge in [0, 0.05) is 0 Å². The number of ether oxygens (including phenoxy) is 2. The monoisotopic (exact) mass is 399 g/mol. The van der Waals surface area contributed by atoms with Gasteiger partial charge in [0.25, 0.3) is 0 Å². The quantitative estimate of drug-likeness (QED) is 0.728. The molecule has 5 nitrogen and oxygen atoms in total. The average Bonchev–Trinajstić information content (AvgIpc) is 3.45. The molecule has 2 atom stereocenters. The zero-order chi connectivity index (χ0) is 20.2. The molecule has 0 amide bonds. The summed E-state index contributed by atoms with van der Waals surface area (Å²) in [6.07, 6.45) is 10.8. The Bertz CT molecular complexity index is 1020. The van der Waals surface area contributed by atoms with E-state index in [2.05, 4.69) is 42.5 Å². The van der Waals surface area contributed by atoms with E-state index in [1.165, 1.54) is 11.1 Å². The number of allylic oxidation sites excluding steroid dienone is 3. The maximum Gasteiger partial charge on any atom is 0.235 e. The summed E-state index contributed by atoms with van der Waals surface area (Å²) in [5.41, 5.74) is 4.08. The standard InChI is InChI=1S/C25H25N3O2/c1-3-8-18(9-4-1)14-20-16-29-24(26-20)22-12-7-13-23(28-22)25-27-21(17-30-25)15-19-10-5-2-6-11-19/h1,3-5,7-13,20-21H,2,6,14-17H2. The van der Waals surface area contributed by atoms with Gasteiger partial charge in [-0.1, -0.05) is 60.2 Å². The Morgan fingerprint density at radius 3 is 2.13 bits per heavy atom. The van der Waals surface area contributed by atoms with Crippen molar-refractivity contribution in [1.82, 2.24) is 4.98 Å². The summed E-state index contributed by atoms with van der Waals surface area (Å²) in [4.78, 5) is 14.2. The highest BCUT2D eigenvalue weighted by Crippen LogP contribution is 2.21. The first-order valence-electron chi connectivity index (χ1n) is 10.6. The van der Waals surface area contributed by atoms with Crippen LogP contribution in [-0.4, -0.2) is 42.1 Å². The van der Waals surface area contributed by atoms with E-state index in [1.54, 1.807) is 0 Å². The van der Waals surface area contributed by atoms with Gasteiger partial charge in [-0.25, -0.2) is 15.0 Å². The smallest absolute Gasteiger partial charge is 0.235 e. The van der Waals surface area contributed by atoms with Gasteiger partial charge in [-0.05, 0) is 43.4 Å². The molecule has 30 heavy (non-hydrogen) atoms. The molecule has 3 heterocycles. The van der Waals surface area contributed by atoms with Crippen LogP contribution >= 0.6 is 0 Å². The van der Waals surface area contributed by atoms with Crippen molar-refractivity contribution >= 4 is 11.8 Å². The van der Waals surface area contributed by atoms with E-state index in [4.69, 9.17) is 24.4 Å². The fourth-order valence-electron chi connectivity index (χ4n) is 3.97. The molecule has 5 heteroatoms. The minimum Gasteiger partial charge on any atom is -0.474 e. The van der Waals surface area contributed by atoms with E-state index in [-0.39, 0.29) is 12.1 Å². The van der Waals surface area contributed by atoms with Gasteiger partial charge >= 0.3 is 0 Å². The molecule has 2 aliphatic heterocycles. The van der Waals surface area contributed by atoms with Crippen LogP contribution in [0.4, 0.5) is 0 Å². The van der Waals surface area contributed by atoms with Crippen LogP contribution in [0.2, 0.25) is 0 Å². The first-order chi connectivity index (χ1) is 14.8. The molecule has 0 spiro atoms. The normalized spacial score (nSPS) is 22.7. The van der Waals surface area contributed by atoms with E-state index in [0.29, 0.717) is 25.0 Å². The van der Waals surface area contributed by atoms with Gasteiger partial charge in [0.05, 0.1) is 12.1 Å². The van der Waals surface area contributed by atoms with Gasteiger partial charge in [-0.2, -0.15) is 0 Å². The summed E-state index contributed by atoms with van der Waals surface area (Å²) in [6, 6.07) is 16.5. The summed E-state index contributed by atoms with van der Waals surface area (Å²) in [6.45, 7) is 1.18. The SMILES string of the molecule is C1=CC(CC2COC(c3cccc(C4=NC(Cc5ccccc5)CO4)n3)=N2)=CCC1. The van der Waals surface area contributed by atoms with Crippen molar-refractivity contribution < 1.29 is 9.47 Å². The molecule has 1 aromatic heterocycles. The molecule has 0 saturated carbocycles. The second-order valence-corrected chi connectivity index (χ2v) is 7.86. The van der Waals surface area contributed by atoms with Crippen LogP contribution in [0.5, 0.6) is 0 Å². The third-order valence-electron chi connectivity index (χ3n) is 5.47. The highest BCUT2D eigenvalue weighted by Gasteiger charge is 2.25. The fraction of sp³-hybridized carbons (Fsp3) is 0.320. The van der Waals surface area contributed by atoms with Crippen LogP contribution in [0.15, 0.2) is 82.3 Å². The van der Waals surface area contributed by atoms with Crippen molar-refractivity contribution in [2.75, 3.05) is 13.2 Å². The van der Waals surface area contributed by atoms with Crippen LogP contribution in [-0.2, 0) is 15.9 Å². The van der Waals surface area contributed by atoms with Crippen molar-refractivity contribution in [3.05, 3.63) is 89.3 Å². The molecule has 1 aromatic carbocycles. The summed E-state index contributed by atoms with van der Waals surface area (Å²) >= 11 is 0. The van der Waals surface area contributed by atoms with Crippen molar-refractivity contribution in [3.8, 4) is 0 Å². The topological polar surface area (TPSA) is 56.1 Å². The van der Waals surface area contributed by atoms with E-state index in [0.717, 1.165) is 37.1 Å². The number of hydrogen-bond acceptors (Lipinski definition) is 5. The molecular weight excluding hydrogens is 374 g/mol. The van der Waals surface area contributed by atoms with Gasteiger partial charge in [-0.15, -0.1) is 0 Å². The minimum atomic E-state index is 0.120. The number of pyridine rings is 1. The first kappa shape index (κ1) is 18.8. The number of rotatable bonds is 6. The number of nitrogens with zero attached hydrogens (tertiary/aromatic N) is 3. The highest BCUT2D eigenvalue weighted by molar-refractivity contribution is 5.97. The zero-order valence-corrected chi connectivity index (χ0v) is 16.9. The maximum atomic E-state index is 5.87. The Balaban J connectivity index is 1.27. The van der Waals surface area contributed by atoms with Gasteiger partial charge in [0.1, 0.15) is 24.6 Å². The van der Waals surface area contributed by atoms with Crippen molar-refractivity contribution in [2.45, 2.75) is 37.8 Å². The van der Waals surface area contributed by atoms with Crippen molar-refractivity contribution in [3.63, 3.8) is 0 Å². The first-order valence-corrected chi connectivity index (χ1v) is 10.6. The predicted octanol–water partition coefficient (Wildman–Crippen LogP) is 4.28. The van der Waals surface area contributed by atoms with Crippen LogP contribution in [0, 0.1) is 0 Å². The van der Waals surface area contributed by atoms with E-state index >= 15 is 0 Å². The van der Waals surface area contributed by atoms with Crippen LogP contribution in [0.3, 0.4) is 0 Å². The van der Waals surface area contributed by atoms with Crippen LogP contribution < -0.4 is 0 Å². The van der Waals surface area contributed by atoms with Gasteiger partial charge in [0.2, 0.25) is 11.8 Å². The Hall–Kier alpha value is -3.21. The lowest BCUT2D eigenvalue weighted by atomic mass is 10.0. The summed E-state index contributed by atoms with van der Waals surface area (Å²) < 4.78 is 11.7. The molecular formula is C25H25N3O2. The van der Waals surface area contributed by atoms with Crippen LogP contribution in [0.25, 0.3) is 0 Å². The largest absolute Gasteiger partial charge is 0.474 e. The summed E-state index contributed by atoms with van der Waals surface area (Å²) in [5.74, 6) is 1.21. The highest BCUT2D eigenvalue weighted by atomic mass is 16.5. The van der Waals surface area contributed by atoms with Gasteiger partial charge in [0.15, 0.2) is 0 Å². The molecule has 152 valence electrons. The van der Waals surface area contributed by atoms with E-state index < -0.39 is 0 Å². The number of hydrogen-bond donors (Lipinski definition) is 0. The molecule has 2 aromatic rings. The zero-order valence-electron chi connectivity index (χ0n) is 16.9. The van der Waals surface area contributed by atoms with E-state index in [1.807, 2.05) is 24.3 Å². The lowest BCUT2D eigenvalue weighted by Crippen LogP contribution is -2.10. The lowest BCUT2D eigenvalue weighted by Gasteiger charge is -2.08. The third kappa shape index (κ3) is 4.35. The van der Waals surface area contributed by atoms with Gasteiger partial charge in [-0.3, -0.25) is 0 Å². The Morgan fingerprint density at radius 2 is 1.47 bits per heavy atom. The van der Waals surface area contributed by atoms with Crippen LogP contribution in [0.1, 0.15) is 36.2 Å². The van der Waals surface area contributed by atoms with Crippen molar-refractivity contribution in [1.29, 1.82) is 0 Å². The molecule has 2 unspecified atom stereocenters. The number of benzene rings is 1. The van der Waals surface area contributed by atoms with Gasteiger partial charge < -0.3 is 9.47 Å². The summed E-state index contributed by atoms with van der Waals surface area (Å²) in [7, 11) is 0. The molecule has 1 aliphatic carbocycles. The van der Waals surface area contributed by atoms with E-state index in [9.17, 15) is 0 Å². The maximum absolute atomic E-state index is 5.87. The Kier molecular flexibility index (Phi) is 5.42. The Morgan fingerprint density at radius 1 is 0.767 bits per heavy atom. The lowest BCUT2D eigenvalue weighted by molar-refractivity contribution is 0.314. The third-order valence-corrected chi connectivity index (χ3v) is 5.47. The molecule has 0 bridgehead atoms. The predicted molar refractivity (Wildman–Crippen MR) is 118 cm³/mol. The molecule has 0 radical (unpaired) electrons. The molecule has 3 aliphatic rings. The summed E-state index contributed by atoms with van der Waals surface area (Å²) in [5, 5.41) is 0. The Labute approximate surface area is 176 Å². The fourth-order valence-corrected chi connectivity index (χ4v) is 3.97. The molecule has 5 rings (SSSR count). The molecule has 0 fully saturated rings. The number of aromatic nitrogens is 1. The molecule has 0 saturated heterocycles. The molecule has 0 N–H and O–H groups in total. The average molecular weight is 399 g/mol. The second-order valence-electron chi connectivity index (χ2n) is 7.86. The van der Waals surface area contributed by atoms with Crippen molar-refractivity contribution in [2.24, 2.45) is 9.98 Å².